The van der Waals surface area contributed by atoms with E-state index in [0.29, 0.717) is 45.9 Å². The second-order valence-electron chi connectivity index (χ2n) is 11.0. The summed E-state index contributed by atoms with van der Waals surface area (Å²) in [5.41, 5.74) is 6.25. The molecule has 9 nitrogen and oxygen atoms in total. The number of hydrogen-bond acceptors (Lipinski definition) is 7. The maximum Gasteiger partial charge on any atom is 0.326 e. The zero-order chi connectivity index (χ0) is 28.3. The summed E-state index contributed by atoms with van der Waals surface area (Å²) in [5, 5.41) is 21.8. The number of nitrogen functional groups attached to an aromatic ring is 1. The van der Waals surface area contributed by atoms with Crippen molar-refractivity contribution in [2.24, 2.45) is 17.8 Å². The lowest BCUT2D eigenvalue weighted by atomic mass is 9.93. The topological polar surface area (TPSA) is 151 Å². The van der Waals surface area contributed by atoms with Gasteiger partial charge in [-0.3, -0.25) is 4.79 Å². The van der Waals surface area contributed by atoms with Gasteiger partial charge in [0.2, 0.25) is 5.91 Å². The van der Waals surface area contributed by atoms with E-state index in [1.165, 1.54) is 17.2 Å². The smallest absolute Gasteiger partial charge is 0.326 e. The Bertz CT molecular complexity index is 1420. The number of carbonyl (C=O) groups is 2. The summed E-state index contributed by atoms with van der Waals surface area (Å²) in [6, 6.07) is 3.63. The van der Waals surface area contributed by atoms with E-state index in [0.717, 1.165) is 12.8 Å². The number of aromatic nitrogens is 1. The van der Waals surface area contributed by atoms with Crippen molar-refractivity contribution in [1.82, 2.24) is 9.88 Å². The minimum atomic E-state index is -3.56. The molecule has 0 bridgehead atoms. The van der Waals surface area contributed by atoms with E-state index in [1.807, 2.05) is 6.08 Å². The summed E-state index contributed by atoms with van der Waals surface area (Å²) in [6.07, 6.45) is 10.0. The first-order chi connectivity index (χ1) is 18.5. The number of hydrogen-bond donors (Lipinski definition) is 3. The first-order valence-electron chi connectivity index (χ1n) is 13.5. The van der Waals surface area contributed by atoms with Gasteiger partial charge in [-0.1, -0.05) is 26.0 Å². The summed E-state index contributed by atoms with van der Waals surface area (Å²) >= 11 is 0. The number of pyridine rings is 1. The number of carboxylic acid groups (broad SMARTS) is 1. The minimum absolute atomic E-state index is 0.0919. The maximum absolute atomic E-state index is 13.2. The summed E-state index contributed by atoms with van der Waals surface area (Å²) in [5.74, 6) is -1.27. The number of nitrogens with two attached hydrogens (primary N) is 1. The zero-order valence-corrected chi connectivity index (χ0v) is 23.2. The van der Waals surface area contributed by atoms with Crippen LogP contribution < -0.4 is 5.73 Å². The largest absolute Gasteiger partial charge is 0.508 e. The van der Waals surface area contributed by atoms with Crippen LogP contribution in [0.4, 0.5) is 5.82 Å². The van der Waals surface area contributed by atoms with Crippen molar-refractivity contribution in [3.8, 4) is 5.75 Å². The van der Waals surface area contributed by atoms with Crippen molar-refractivity contribution in [3.63, 3.8) is 0 Å². The normalized spacial score (nSPS) is 20.8. The Morgan fingerprint density at radius 2 is 2.03 bits per heavy atom. The number of phenols is 1. The third-order valence-electron chi connectivity index (χ3n) is 7.70. The Morgan fingerprint density at radius 1 is 1.26 bits per heavy atom. The molecule has 1 aromatic carbocycles. The molecular formula is C29H37N3O6S. The van der Waals surface area contributed by atoms with Crippen molar-refractivity contribution >= 4 is 38.3 Å². The first-order valence-corrected chi connectivity index (χ1v) is 15.1. The van der Waals surface area contributed by atoms with Crippen LogP contribution in [0.1, 0.15) is 51.5 Å². The third-order valence-corrected chi connectivity index (χ3v) is 9.50. The molecular weight excluding hydrogens is 518 g/mol. The molecule has 2 heterocycles. The van der Waals surface area contributed by atoms with Crippen molar-refractivity contribution in [3.05, 3.63) is 53.1 Å². The van der Waals surface area contributed by atoms with Crippen LogP contribution in [0, 0.1) is 17.8 Å². The van der Waals surface area contributed by atoms with E-state index in [-0.39, 0.29) is 42.6 Å². The summed E-state index contributed by atoms with van der Waals surface area (Å²) in [7, 11) is -3.56. The lowest BCUT2D eigenvalue weighted by molar-refractivity contribution is -0.149. The summed E-state index contributed by atoms with van der Waals surface area (Å²) in [4.78, 5) is 31.0. The standard InChI is InChI=1S/C29H37N3O6S/c1-18(2)14-19-4-3-5-23(7-6-19)39(37,38)13-10-20-9-12-32(28(20)34)25(29(35)36)16-22-15-21-8-11-31-27(30)24(21)17-26(22)33/h5-8,11,15,17-20,25,33H,3-4,9-10,12-14,16H2,1-2H3,(H2,30,31)(H,35,36). The highest BCUT2D eigenvalue weighted by Gasteiger charge is 2.39. The molecule has 4 rings (SSSR count). The Hall–Kier alpha value is -3.40. The Kier molecular flexibility index (Phi) is 8.64. The van der Waals surface area contributed by atoms with E-state index in [2.05, 4.69) is 18.8 Å². The average molecular weight is 556 g/mol. The molecule has 1 aliphatic heterocycles. The van der Waals surface area contributed by atoms with Gasteiger partial charge in [0.25, 0.3) is 0 Å². The van der Waals surface area contributed by atoms with Gasteiger partial charge in [0.1, 0.15) is 17.6 Å². The number of anilines is 1. The molecule has 3 unspecified atom stereocenters. The molecule has 0 radical (unpaired) electrons. The number of phenolic OH excluding ortho intramolecular Hbond substituents is 1. The van der Waals surface area contributed by atoms with Crippen molar-refractivity contribution in [2.75, 3.05) is 18.0 Å². The van der Waals surface area contributed by atoms with Gasteiger partial charge >= 0.3 is 5.97 Å². The molecule has 2 aromatic rings. The highest BCUT2D eigenvalue weighted by molar-refractivity contribution is 7.95. The number of allylic oxidation sites excluding steroid dienone is 3. The van der Waals surface area contributed by atoms with E-state index in [9.17, 15) is 28.2 Å². The van der Waals surface area contributed by atoms with Gasteiger partial charge in [-0.05, 0) is 79.2 Å². The Morgan fingerprint density at radius 3 is 2.74 bits per heavy atom. The molecule has 2 aliphatic rings. The van der Waals surface area contributed by atoms with Gasteiger partial charge in [-0.15, -0.1) is 0 Å². The van der Waals surface area contributed by atoms with Crippen molar-refractivity contribution in [1.29, 1.82) is 0 Å². The molecule has 0 saturated carbocycles. The predicted octanol–water partition coefficient (Wildman–Crippen LogP) is 4.07. The fraction of sp³-hybridized carbons (Fsp3) is 0.483. The number of carbonyl (C=O) groups excluding carboxylic acids is 1. The fourth-order valence-electron chi connectivity index (χ4n) is 5.60. The maximum atomic E-state index is 13.2. The van der Waals surface area contributed by atoms with Crippen LogP contribution in [0.5, 0.6) is 5.75 Å². The second kappa shape index (κ2) is 11.8. The molecule has 4 N–H and O–H groups in total. The quantitative estimate of drug-likeness (QED) is 0.397. The first kappa shape index (κ1) is 28.6. The number of nitrogens with zero attached hydrogens (tertiary/aromatic N) is 2. The summed E-state index contributed by atoms with van der Waals surface area (Å²) in [6.45, 7) is 4.52. The second-order valence-corrected chi connectivity index (χ2v) is 13.1. The number of benzene rings is 1. The number of rotatable bonds is 10. The molecule has 1 saturated heterocycles. The molecule has 1 aromatic heterocycles. The van der Waals surface area contributed by atoms with Crippen LogP contribution in [0.15, 0.2) is 47.5 Å². The van der Waals surface area contributed by atoms with E-state index in [1.54, 1.807) is 24.3 Å². The number of aliphatic carboxylic acids is 1. The molecule has 1 aliphatic carbocycles. The number of aromatic hydroxyl groups is 1. The molecule has 39 heavy (non-hydrogen) atoms. The molecule has 0 spiro atoms. The minimum Gasteiger partial charge on any atom is -0.508 e. The summed E-state index contributed by atoms with van der Waals surface area (Å²) < 4.78 is 26.2. The van der Waals surface area contributed by atoms with E-state index in [4.69, 9.17) is 5.73 Å². The van der Waals surface area contributed by atoms with Crippen LogP contribution in [-0.2, 0) is 25.8 Å². The van der Waals surface area contributed by atoms with Crippen LogP contribution in [0.25, 0.3) is 10.8 Å². The van der Waals surface area contributed by atoms with Gasteiger partial charge in [-0.2, -0.15) is 0 Å². The monoisotopic (exact) mass is 555 g/mol. The lowest BCUT2D eigenvalue weighted by Crippen LogP contribution is -2.44. The van der Waals surface area contributed by atoms with Crippen LogP contribution in [0.2, 0.25) is 0 Å². The molecule has 1 fully saturated rings. The molecule has 10 heteroatoms. The van der Waals surface area contributed by atoms with Crippen LogP contribution >= 0.6 is 0 Å². The van der Waals surface area contributed by atoms with Gasteiger partial charge in [0.15, 0.2) is 9.84 Å². The predicted molar refractivity (Wildman–Crippen MR) is 151 cm³/mol. The van der Waals surface area contributed by atoms with Crippen LogP contribution in [0.3, 0.4) is 0 Å². The van der Waals surface area contributed by atoms with E-state index < -0.39 is 27.8 Å². The highest BCUT2D eigenvalue weighted by atomic mass is 32.2. The van der Waals surface area contributed by atoms with Gasteiger partial charge < -0.3 is 20.8 Å². The SMILES string of the molecule is CC(C)CC1C=CC(S(=O)(=O)CCC2CCN(C(Cc3cc4ccnc(N)c4cc3O)C(=O)O)C2=O)=CCC1. The molecule has 1 amide bonds. The van der Waals surface area contributed by atoms with Gasteiger partial charge in [0.05, 0.1) is 10.7 Å². The van der Waals surface area contributed by atoms with Gasteiger partial charge in [-0.25, -0.2) is 18.2 Å². The Balaban J connectivity index is 1.43. The lowest BCUT2D eigenvalue weighted by Gasteiger charge is -2.25. The fourth-order valence-corrected chi connectivity index (χ4v) is 7.09. The number of amides is 1. The van der Waals surface area contributed by atoms with Crippen LogP contribution in [-0.4, -0.2) is 58.7 Å². The van der Waals surface area contributed by atoms with Crippen molar-refractivity contribution < 1.29 is 28.2 Å². The zero-order valence-electron chi connectivity index (χ0n) is 22.4. The number of sulfone groups is 1. The van der Waals surface area contributed by atoms with Gasteiger partial charge in [0, 0.05) is 30.5 Å². The Labute approximate surface area is 229 Å². The molecule has 3 atom stereocenters. The average Bonchev–Trinajstić information content (AvgIpc) is 3.06. The third kappa shape index (κ3) is 6.61. The number of carboxylic acids is 1. The molecule has 210 valence electrons. The number of fused-ring (bicyclic) bond motifs is 1. The highest BCUT2D eigenvalue weighted by Crippen LogP contribution is 2.32. The van der Waals surface area contributed by atoms with E-state index >= 15 is 0 Å². The van der Waals surface area contributed by atoms with Crippen molar-refractivity contribution in [2.45, 2.75) is 58.4 Å². The number of likely N-dealkylation sites (tertiary alicyclic amines) is 1.